The Morgan fingerprint density at radius 3 is 2.14 bits per heavy atom. The average molecular weight is 494 g/mol. The summed E-state index contributed by atoms with van der Waals surface area (Å²) in [6.45, 7) is 2.55. The van der Waals surface area contributed by atoms with Crippen LogP contribution in [0.15, 0.2) is 84.9 Å². The van der Waals surface area contributed by atoms with E-state index in [1.54, 1.807) is 7.11 Å². The van der Waals surface area contributed by atoms with Crippen LogP contribution in [0.4, 0.5) is 0 Å². The van der Waals surface area contributed by atoms with E-state index in [0.717, 1.165) is 47.6 Å². The van der Waals surface area contributed by atoms with Gasteiger partial charge in [0.1, 0.15) is 13.2 Å². The molecule has 2 aliphatic heterocycles. The summed E-state index contributed by atoms with van der Waals surface area (Å²) in [6.07, 6.45) is 1.76. The van der Waals surface area contributed by atoms with Crippen molar-refractivity contribution in [1.82, 2.24) is 4.90 Å². The molecule has 0 bridgehead atoms. The number of aromatic hydroxyl groups is 1. The summed E-state index contributed by atoms with van der Waals surface area (Å²) >= 11 is 0. The number of ether oxygens (including phenoxy) is 3. The minimum atomic E-state index is 0.233. The number of phenolic OH excluding ortho intramolecular Hbond substituents is 1. The highest BCUT2D eigenvalue weighted by Crippen LogP contribution is 2.45. The van der Waals surface area contributed by atoms with Crippen molar-refractivity contribution in [3.8, 4) is 23.0 Å². The molecule has 5 nitrogen and oxygen atoms in total. The Labute approximate surface area is 217 Å². The first-order valence-electron chi connectivity index (χ1n) is 12.8. The molecule has 0 aliphatic carbocycles. The van der Waals surface area contributed by atoms with E-state index < -0.39 is 0 Å². The zero-order chi connectivity index (χ0) is 25.2. The summed E-state index contributed by atoms with van der Waals surface area (Å²) in [5, 5.41) is 11.1. The summed E-state index contributed by atoms with van der Waals surface area (Å²) in [5.74, 6) is 2.35. The maximum absolute atomic E-state index is 11.1. The third-order valence-corrected chi connectivity index (χ3v) is 7.49. The van der Waals surface area contributed by atoms with Crippen LogP contribution in [0.3, 0.4) is 0 Å². The lowest BCUT2D eigenvalue weighted by Crippen LogP contribution is -2.39. The molecule has 2 aliphatic rings. The standard InChI is InChI=1S/C32H31NO4/c1-35-30-17-25-14-15-33-19-27-24(12-13-29(32(27)34)36-20-22-8-4-2-5-9-22)16-28(33)26(25)18-31(30)37-21-23-10-6-3-7-11-23/h2-13,17-18,28,34H,14-16,19-21H2,1H3/t28-/m0/s1. The molecule has 1 atom stereocenters. The van der Waals surface area contributed by atoms with Crippen molar-refractivity contribution in [2.24, 2.45) is 0 Å². The largest absolute Gasteiger partial charge is 0.504 e. The highest BCUT2D eigenvalue weighted by atomic mass is 16.5. The van der Waals surface area contributed by atoms with Gasteiger partial charge in [-0.2, -0.15) is 0 Å². The van der Waals surface area contributed by atoms with Gasteiger partial charge in [0.2, 0.25) is 0 Å². The van der Waals surface area contributed by atoms with E-state index in [9.17, 15) is 5.11 Å². The second-order valence-electron chi connectivity index (χ2n) is 9.74. The Kier molecular flexibility index (Phi) is 6.46. The van der Waals surface area contributed by atoms with E-state index in [1.807, 2.05) is 54.6 Å². The summed E-state index contributed by atoms with van der Waals surface area (Å²) in [6, 6.07) is 28.8. The molecule has 6 rings (SSSR count). The quantitative estimate of drug-likeness (QED) is 0.332. The lowest BCUT2D eigenvalue weighted by Gasteiger charge is -2.42. The molecule has 0 spiro atoms. The Morgan fingerprint density at radius 2 is 1.46 bits per heavy atom. The fraction of sp³-hybridized carbons (Fsp3) is 0.250. The Bertz CT molecular complexity index is 1390. The van der Waals surface area contributed by atoms with E-state index in [2.05, 4.69) is 35.2 Å². The van der Waals surface area contributed by atoms with Crippen LogP contribution in [0.25, 0.3) is 0 Å². The Balaban J connectivity index is 1.24. The molecule has 0 aromatic heterocycles. The van der Waals surface area contributed by atoms with Gasteiger partial charge in [0.25, 0.3) is 0 Å². The van der Waals surface area contributed by atoms with Crippen LogP contribution in [0, 0.1) is 0 Å². The number of nitrogens with zero attached hydrogens (tertiary/aromatic N) is 1. The van der Waals surface area contributed by atoms with Crippen LogP contribution in [0.1, 0.15) is 39.4 Å². The molecule has 4 aromatic rings. The number of benzene rings is 4. The van der Waals surface area contributed by atoms with Crippen molar-refractivity contribution in [2.75, 3.05) is 13.7 Å². The Hall–Kier alpha value is -3.96. The van der Waals surface area contributed by atoms with E-state index >= 15 is 0 Å². The molecule has 5 heteroatoms. The van der Waals surface area contributed by atoms with Gasteiger partial charge < -0.3 is 19.3 Å². The number of fused-ring (bicyclic) bond motifs is 4. The molecule has 37 heavy (non-hydrogen) atoms. The van der Waals surface area contributed by atoms with E-state index in [1.165, 1.54) is 16.7 Å². The van der Waals surface area contributed by atoms with Gasteiger partial charge in [-0.05, 0) is 58.9 Å². The van der Waals surface area contributed by atoms with E-state index in [-0.39, 0.29) is 11.8 Å². The van der Waals surface area contributed by atoms with Crippen molar-refractivity contribution in [3.05, 3.63) is 118 Å². The maximum Gasteiger partial charge on any atom is 0.162 e. The van der Waals surface area contributed by atoms with Crippen LogP contribution >= 0.6 is 0 Å². The molecule has 0 amide bonds. The zero-order valence-electron chi connectivity index (χ0n) is 21.0. The molecular formula is C32H31NO4. The van der Waals surface area contributed by atoms with Crippen molar-refractivity contribution in [3.63, 3.8) is 0 Å². The second kappa shape index (κ2) is 10.2. The molecule has 0 saturated carbocycles. The summed E-state index contributed by atoms with van der Waals surface area (Å²) in [4.78, 5) is 2.46. The molecule has 0 radical (unpaired) electrons. The van der Waals surface area contributed by atoms with Crippen LogP contribution in [0.2, 0.25) is 0 Å². The number of phenols is 1. The van der Waals surface area contributed by atoms with Crippen molar-refractivity contribution < 1.29 is 19.3 Å². The summed E-state index contributed by atoms with van der Waals surface area (Å²) in [5.41, 5.74) is 6.93. The average Bonchev–Trinajstić information content (AvgIpc) is 2.95. The molecule has 0 saturated heterocycles. The minimum Gasteiger partial charge on any atom is -0.504 e. The maximum atomic E-state index is 11.1. The second-order valence-corrected chi connectivity index (χ2v) is 9.74. The molecule has 1 N–H and O–H groups in total. The smallest absolute Gasteiger partial charge is 0.162 e. The minimum absolute atomic E-state index is 0.233. The molecule has 4 aromatic carbocycles. The lowest BCUT2D eigenvalue weighted by atomic mass is 9.83. The number of hydrogen-bond donors (Lipinski definition) is 1. The SMILES string of the molecule is COc1cc2c(cc1OCc1ccccc1)[C@@H]1Cc3ccc(OCc4ccccc4)c(O)c3CN1CC2. The predicted molar refractivity (Wildman–Crippen MR) is 143 cm³/mol. The number of hydrogen-bond acceptors (Lipinski definition) is 5. The Morgan fingerprint density at radius 1 is 0.784 bits per heavy atom. The first kappa shape index (κ1) is 23.4. The fourth-order valence-electron chi connectivity index (χ4n) is 5.48. The highest BCUT2D eigenvalue weighted by Gasteiger charge is 2.34. The van der Waals surface area contributed by atoms with Crippen LogP contribution < -0.4 is 14.2 Å². The lowest BCUT2D eigenvalue weighted by molar-refractivity contribution is 0.156. The first-order chi connectivity index (χ1) is 18.2. The van der Waals surface area contributed by atoms with E-state index in [0.29, 0.717) is 25.5 Å². The van der Waals surface area contributed by atoms with Gasteiger partial charge in [-0.1, -0.05) is 66.7 Å². The first-order valence-corrected chi connectivity index (χ1v) is 12.8. The molecule has 0 fully saturated rings. The van der Waals surface area contributed by atoms with Crippen molar-refractivity contribution in [1.29, 1.82) is 0 Å². The fourth-order valence-corrected chi connectivity index (χ4v) is 5.48. The topological polar surface area (TPSA) is 51.2 Å². The zero-order valence-corrected chi connectivity index (χ0v) is 21.0. The molecule has 2 heterocycles. The van der Waals surface area contributed by atoms with Gasteiger partial charge >= 0.3 is 0 Å². The third-order valence-electron chi connectivity index (χ3n) is 7.49. The van der Waals surface area contributed by atoms with Gasteiger partial charge in [0, 0.05) is 24.7 Å². The highest BCUT2D eigenvalue weighted by molar-refractivity contribution is 5.54. The van der Waals surface area contributed by atoms with Gasteiger partial charge in [-0.25, -0.2) is 0 Å². The number of methoxy groups -OCH3 is 1. The van der Waals surface area contributed by atoms with Gasteiger partial charge in [-0.15, -0.1) is 0 Å². The summed E-state index contributed by atoms with van der Waals surface area (Å²) in [7, 11) is 1.70. The molecular weight excluding hydrogens is 462 g/mol. The number of rotatable bonds is 7. The summed E-state index contributed by atoms with van der Waals surface area (Å²) < 4.78 is 17.9. The van der Waals surface area contributed by atoms with E-state index in [4.69, 9.17) is 14.2 Å². The van der Waals surface area contributed by atoms with Crippen molar-refractivity contribution >= 4 is 0 Å². The normalized spacial score (nSPS) is 16.3. The van der Waals surface area contributed by atoms with Crippen LogP contribution in [-0.4, -0.2) is 23.7 Å². The van der Waals surface area contributed by atoms with Crippen LogP contribution in [-0.2, 0) is 32.6 Å². The third kappa shape index (κ3) is 4.75. The monoisotopic (exact) mass is 493 g/mol. The molecule has 188 valence electrons. The molecule has 0 unspecified atom stereocenters. The predicted octanol–water partition coefficient (Wildman–Crippen LogP) is 6.21. The van der Waals surface area contributed by atoms with Gasteiger partial charge in [0.15, 0.2) is 23.0 Å². The van der Waals surface area contributed by atoms with Crippen LogP contribution in [0.5, 0.6) is 23.0 Å². The van der Waals surface area contributed by atoms with Crippen molar-refractivity contribution in [2.45, 2.75) is 38.6 Å². The van der Waals surface area contributed by atoms with Gasteiger partial charge in [-0.3, -0.25) is 4.90 Å². The van der Waals surface area contributed by atoms with Gasteiger partial charge in [0.05, 0.1) is 7.11 Å².